The van der Waals surface area contributed by atoms with Crippen LogP contribution >= 0.6 is 23.2 Å². The molecular weight excluding hydrogens is 401 g/mol. The first-order valence-corrected chi connectivity index (χ1v) is 9.31. The lowest BCUT2D eigenvalue weighted by Gasteiger charge is -2.23. The van der Waals surface area contributed by atoms with Gasteiger partial charge in [-0.2, -0.15) is 0 Å². The number of hydrogen-bond acceptors (Lipinski definition) is 4. The Bertz CT molecular complexity index is 969. The summed E-state index contributed by atoms with van der Waals surface area (Å²) >= 11 is 12.2. The van der Waals surface area contributed by atoms with Gasteiger partial charge in [0, 0.05) is 15.7 Å². The van der Waals surface area contributed by atoms with Crippen LogP contribution in [-0.4, -0.2) is 18.5 Å². The van der Waals surface area contributed by atoms with Crippen LogP contribution in [0.4, 0.5) is 5.69 Å². The van der Waals surface area contributed by atoms with Gasteiger partial charge in [0.05, 0.1) is 25.0 Å². The summed E-state index contributed by atoms with van der Waals surface area (Å²) in [4.78, 5) is 26.4. The van der Waals surface area contributed by atoms with Crippen molar-refractivity contribution in [1.82, 2.24) is 0 Å². The Morgan fingerprint density at radius 1 is 1.07 bits per heavy atom. The van der Waals surface area contributed by atoms with Gasteiger partial charge in [-0.3, -0.25) is 4.79 Å². The number of carbonyl (C=O) groups is 2. The maximum atomic E-state index is 13.0. The summed E-state index contributed by atoms with van der Waals surface area (Å²) in [6, 6.07) is 14.9. The van der Waals surface area contributed by atoms with Gasteiger partial charge in [0.1, 0.15) is 0 Å². The Labute approximate surface area is 172 Å². The van der Waals surface area contributed by atoms with Gasteiger partial charge in [0.25, 0.3) is 5.91 Å². The molecule has 5 nitrogen and oxygen atoms in total. The number of benzene rings is 2. The second-order valence-electron chi connectivity index (χ2n) is 5.87. The highest BCUT2D eigenvalue weighted by Crippen LogP contribution is 2.26. The third kappa shape index (κ3) is 4.55. The van der Waals surface area contributed by atoms with E-state index in [0.717, 1.165) is 5.56 Å². The first kappa shape index (κ1) is 20.0. The zero-order chi connectivity index (χ0) is 20.1. The van der Waals surface area contributed by atoms with Gasteiger partial charge in [-0.1, -0.05) is 29.3 Å². The fourth-order valence-corrected chi connectivity index (χ4v) is 3.09. The van der Waals surface area contributed by atoms with Crippen LogP contribution in [0.5, 0.6) is 0 Å². The number of rotatable bonds is 6. The molecule has 0 aliphatic carbocycles. The highest BCUT2D eigenvalue weighted by atomic mass is 35.5. The smallest absolute Gasteiger partial charge is 0.338 e. The minimum absolute atomic E-state index is 0.194. The second-order valence-corrected chi connectivity index (χ2v) is 6.72. The van der Waals surface area contributed by atoms with E-state index in [2.05, 4.69) is 0 Å². The van der Waals surface area contributed by atoms with E-state index in [1.807, 2.05) is 0 Å². The Morgan fingerprint density at radius 2 is 1.82 bits per heavy atom. The fraction of sp³-hybridized carbons (Fsp3) is 0.143. The van der Waals surface area contributed by atoms with Crippen LogP contribution in [-0.2, 0) is 11.3 Å². The van der Waals surface area contributed by atoms with Crippen LogP contribution < -0.4 is 4.90 Å². The SMILES string of the molecule is CCOC(=O)c1ccc(N(Cc2ccc(Cl)cc2Cl)C(=O)c2ccco2)cc1. The normalized spacial score (nSPS) is 10.5. The third-order valence-electron chi connectivity index (χ3n) is 4.01. The van der Waals surface area contributed by atoms with Crippen LogP contribution in [0.2, 0.25) is 10.0 Å². The zero-order valence-electron chi connectivity index (χ0n) is 15.0. The van der Waals surface area contributed by atoms with E-state index in [1.54, 1.807) is 61.5 Å². The number of anilines is 1. The molecule has 7 heteroatoms. The van der Waals surface area contributed by atoms with Crippen LogP contribution in [0.3, 0.4) is 0 Å². The van der Waals surface area contributed by atoms with Crippen molar-refractivity contribution in [2.24, 2.45) is 0 Å². The van der Waals surface area contributed by atoms with Crippen molar-refractivity contribution in [2.75, 3.05) is 11.5 Å². The molecule has 28 heavy (non-hydrogen) atoms. The average Bonchev–Trinajstić information content (AvgIpc) is 3.22. The largest absolute Gasteiger partial charge is 0.462 e. The number of carbonyl (C=O) groups excluding carboxylic acids is 2. The average molecular weight is 418 g/mol. The third-order valence-corrected chi connectivity index (χ3v) is 4.60. The van der Waals surface area contributed by atoms with Crippen molar-refractivity contribution in [2.45, 2.75) is 13.5 Å². The molecule has 1 heterocycles. The number of hydrogen-bond donors (Lipinski definition) is 0. The number of furan rings is 1. The van der Waals surface area contributed by atoms with E-state index in [4.69, 9.17) is 32.4 Å². The summed E-state index contributed by atoms with van der Waals surface area (Å²) in [6.45, 7) is 2.24. The van der Waals surface area contributed by atoms with Crippen LogP contribution in [0.1, 0.15) is 33.4 Å². The molecule has 0 aliphatic rings. The summed E-state index contributed by atoms with van der Waals surface area (Å²) in [5, 5.41) is 0.962. The number of esters is 1. The zero-order valence-corrected chi connectivity index (χ0v) is 16.5. The Morgan fingerprint density at radius 3 is 2.43 bits per heavy atom. The molecule has 0 fully saturated rings. The molecule has 0 N–H and O–H groups in total. The minimum atomic E-state index is -0.418. The van der Waals surface area contributed by atoms with E-state index < -0.39 is 5.97 Å². The van der Waals surface area contributed by atoms with Crippen molar-refractivity contribution in [3.05, 3.63) is 87.8 Å². The molecule has 3 aromatic rings. The summed E-state index contributed by atoms with van der Waals surface area (Å²) in [5.74, 6) is -0.557. The van der Waals surface area contributed by atoms with Gasteiger partial charge < -0.3 is 14.1 Å². The summed E-state index contributed by atoms with van der Waals surface area (Å²) < 4.78 is 10.3. The standard InChI is InChI=1S/C21H17Cl2NO4/c1-2-27-21(26)14-6-9-17(10-7-14)24(20(25)19-4-3-11-28-19)13-15-5-8-16(22)12-18(15)23/h3-12H,2,13H2,1H3. The Kier molecular flexibility index (Phi) is 6.39. The predicted molar refractivity (Wildman–Crippen MR) is 108 cm³/mol. The molecule has 0 aliphatic heterocycles. The molecule has 0 atom stereocenters. The maximum absolute atomic E-state index is 13.0. The Hall–Kier alpha value is -2.76. The number of amides is 1. The Balaban J connectivity index is 1.94. The van der Waals surface area contributed by atoms with E-state index in [9.17, 15) is 9.59 Å². The van der Waals surface area contributed by atoms with Crippen LogP contribution in [0.25, 0.3) is 0 Å². The van der Waals surface area contributed by atoms with Crippen LogP contribution in [0, 0.1) is 0 Å². The predicted octanol–water partition coefficient (Wildman–Crippen LogP) is 5.61. The first-order valence-electron chi connectivity index (χ1n) is 8.56. The molecule has 0 saturated carbocycles. The highest BCUT2D eigenvalue weighted by molar-refractivity contribution is 6.35. The number of ether oxygens (including phenoxy) is 1. The molecular formula is C21H17Cl2NO4. The lowest BCUT2D eigenvalue weighted by Crippen LogP contribution is -2.30. The van der Waals surface area contributed by atoms with Gasteiger partial charge >= 0.3 is 5.97 Å². The molecule has 1 amide bonds. The summed E-state index contributed by atoms with van der Waals surface area (Å²) in [6.07, 6.45) is 1.44. The van der Waals surface area contributed by atoms with Gasteiger partial charge in [-0.25, -0.2) is 4.79 Å². The topological polar surface area (TPSA) is 59.8 Å². The van der Waals surface area contributed by atoms with Crippen molar-refractivity contribution < 1.29 is 18.7 Å². The summed E-state index contributed by atoms with van der Waals surface area (Å²) in [5.41, 5.74) is 1.71. The molecule has 144 valence electrons. The fourth-order valence-electron chi connectivity index (χ4n) is 2.63. The first-order chi connectivity index (χ1) is 13.5. The lowest BCUT2D eigenvalue weighted by molar-refractivity contribution is 0.0526. The molecule has 0 unspecified atom stereocenters. The minimum Gasteiger partial charge on any atom is -0.462 e. The maximum Gasteiger partial charge on any atom is 0.338 e. The van der Waals surface area contributed by atoms with Crippen molar-refractivity contribution in [3.8, 4) is 0 Å². The van der Waals surface area contributed by atoms with Crippen molar-refractivity contribution in [1.29, 1.82) is 0 Å². The molecule has 0 bridgehead atoms. The highest BCUT2D eigenvalue weighted by Gasteiger charge is 2.22. The van der Waals surface area contributed by atoms with E-state index in [-0.39, 0.29) is 18.2 Å². The second kappa shape index (κ2) is 8.95. The van der Waals surface area contributed by atoms with Gasteiger partial charge in [0.15, 0.2) is 5.76 Å². The van der Waals surface area contributed by atoms with Crippen LogP contribution in [0.15, 0.2) is 65.3 Å². The quantitative estimate of drug-likeness (QED) is 0.489. The molecule has 2 aromatic carbocycles. The van der Waals surface area contributed by atoms with Gasteiger partial charge in [0.2, 0.25) is 0 Å². The van der Waals surface area contributed by atoms with Crippen molar-refractivity contribution in [3.63, 3.8) is 0 Å². The van der Waals surface area contributed by atoms with Gasteiger partial charge in [-0.15, -0.1) is 0 Å². The molecule has 1 aromatic heterocycles. The number of halogens is 2. The lowest BCUT2D eigenvalue weighted by atomic mass is 10.1. The van der Waals surface area contributed by atoms with E-state index in [0.29, 0.717) is 27.9 Å². The molecule has 0 radical (unpaired) electrons. The van der Waals surface area contributed by atoms with E-state index in [1.165, 1.54) is 11.2 Å². The monoisotopic (exact) mass is 417 g/mol. The molecule has 0 saturated heterocycles. The van der Waals surface area contributed by atoms with Crippen molar-refractivity contribution >= 4 is 40.8 Å². The van der Waals surface area contributed by atoms with Gasteiger partial charge in [-0.05, 0) is 61.0 Å². The molecule has 0 spiro atoms. The van der Waals surface area contributed by atoms with E-state index >= 15 is 0 Å². The number of nitrogens with zero attached hydrogens (tertiary/aromatic N) is 1. The molecule has 3 rings (SSSR count). The summed E-state index contributed by atoms with van der Waals surface area (Å²) in [7, 11) is 0.